The fraction of sp³-hybridized carbons (Fsp3) is 0.417. The molecule has 0 saturated carbocycles. The molecule has 0 bridgehead atoms. The molecule has 7 heteroatoms. The van der Waals surface area contributed by atoms with Gasteiger partial charge >= 0.3 is 0 Å². The zero-order chi connectivity index (χ0) is 14.4. The number of hydrogen-bond donors (Lipinski definition) is 3. The van der Waals surface area contributed by atoms with Crippen LogP contribution in [0.4, 0.5) is 5.69 Å². The van der Waals surface area contributed by atoms with Crippen LogP contribution in [0.25, 0.3) is 0 Å². The van der Waals surface area contributed by atoms with Gasteiger partial charge in [0.15, 0.2) is 0 Å². The second-order valence-corrected chi connectivity index (χ2v) is 4.79. The Morgan fingerprint density at radius 1 is 1.42 bits per heavy atom. The van der Waals surface area contributed by atoms with Gasteiger partial charge in [0.25, 0.3) is 0 Å². The highest BCUT2D eigenvalue weighted by molar-refractivity contribution is 6.29. The third-order valence-corrected chi connectivity index (χ3v) is 2.68. The van der Waals surface area contributed by atoms with Crippen LogP contribution < -0.4 is 16.4 Å². The van der Waals surface area contributed by atoms with Gasteiger partial charge in [-0.15, -0.1) is 0 Å². The fourth-order valence-electron chi connectivity index (χ4n) is 1.24. The van der Waals surface area contributed by atoms with Crippen LogP contribution in [0.3, 0.4) is 0 Å². The standard InChI is InChI=1S/C12H17ClN4O2/c1-7(2)11(14)12(19)16-6-10(18)17-8-3-4-9(13)15-5-8/h3-5,7,11H,6,14H2,1-2H3,(H,16,19)(H,17,18)/t11-/m0/s1. The summed E-state index contributed by atoms with van der Waals surface area (Å²) in [6.45, 7) is 3.54. The van der Waals surface area contributed by atoms with Crippen LogP contribution in [0.1, 0.15) is 13.8 Å². The van der Waals surface area contributed by atoms with Crippen molar-refractivity contribution in [3.63, 3.8) is 0 Å². The molecule has 1 heterocycles. The Morgan fingerprint density at radius 3 is 2.63 bits per heavy atom. The van der Waals surface area contributed by atoms with E-state index in [1.165, 1.54) is 6.20 Å². The summed E-state index contributed by atoms with van der Waals surface area (Å²) in [4.78, 5) is 26.9. The highest BCUT2D eigenvalue weighted by Gasteiger charge is 2.17. The van der Waals surface area contributed by atoms with Crippen molar-refractivity contribution in [3.8, 4) is 0 Å². The van der Waals surface area contributed by atoms with E-state index in [1.54, 1.807) is 12.1 Å². The van der Waals surface area contributed by atoms with Crippen LogP contribution in [0.15, 0.2) is 18.3 Å². The van der Waals surface area contributed by atoms with Gasteiger partial charge in [-0.25, -0.2) is 4.98 Å². The molecular formula is C12H17ClN4O2. The lowest BCUT2D eigenvalue weighted by Crippen LogP contribution is -2.46. The smallest absolute Gasteiger partial charge is 0.243 e. The van der Waals surface area contributed by atoms with Crippen LogP contribution in [-0.4, -0.2) is 29.4 Å². The number of rotatable bonds is 5. The van der Waals surface area contributed by atoms with Crippen molar-refractivity contribution in [2.75, 3.05) is 11.9 Å². The lowest BCUT2D eigenvalue weighted by molar-refractivity contribution is -0.125. The lowest BCUT2D eigenvalue weighted by Gasteiger charge is -2.15. The number of hydrogen-bond acceptors (Lipinski definition) is 4. The number of nitrogens with one attached hydrogen (secondary N) is 2. The molecule has 1 aromatic heterocycles. The minimum absolute atomic E-state index is 0.0172. The minimum atomic E-state index is -0.620. The van der Waals surface area contributed by atoms with E-state index >= 15 is 0 Å². The van der Waals surface area contributed by atoms with Crippen molar-refractivity contribution in [1.29, 1.82) is 0 Å². The van der Waals surface area contributed by atoms with Crippen LogP contribution in [0, 0.1) is 5.92 Å². The van der Waals surface area contributed by atoms with E-state index in [9.17, 15) is 9.59 Å². The summed E-state index contributed by atoms with van der Waals surface area (Å²) in [5.74, 6) is -0.684. The summed E-state index contributed by atoms with van der Waals surface area (Å²) >= 11 is 5.62. The number of amides is 2. The Morgan fingerprint density at radius 2 is 2.11 bits per heavy atom. The zero-order valence-corrected chi connectivity index (χ0v) is 11.6. The molecule has 104 valence electrons. The number of pyridine rings is 1. The SMILES string of the molecule is CC(C)[C@H](N)C(=O)NCC(=O)Nc1ccc(Cl)nc1. The number of halogens is 1. The molecule has 1 atom stereocenters. The van der Waals surface area contributed by atoms with Crippen molar-refractivity contribution in [1.82, 2.24) is 10.3 Å². The van der Waals surface area contributed by atoms with Crippen LogP contribution in [-0.2, 0) is 9.59 Å². The van der Waals surface area contributed by atoms with Crippen LogP contribution in [0.2, 0.25) is 5.15 Å². The minimum Gasteiger partial charge on any atom is -0.346 e. The number of nitrogens with zero attached hydrogens (tertiary/aromatic N) is 1. The maximum Gasteiger partial charge on any atom is 0.243 e. The van der Waals surface area contributed by atoms with E-state index < -0.39 is 6.04 Å². The molecule has 0 aromatic carbocycles. The number of aromatic nitrogens is 1. The number of carbonyl (C=O) groups excluding carboxylic acids is 2. The van der Waals surface area contributed by atoms with Gasteiger partial charge in [-0.3, -0.25) is 9.59 Å². The van der Waals surface area contributed by atoms with E-state index in [4.69, 9.17) is 17.3 Å². The molecule has 1 aromatic rings. The highest BCUT2D eigenvalue weighted by Crippen LogP contribution is 2.09. The Hall–Kier alpha value is -1.66. The maximum absolute atomic E-state index is 11.6. The van der Waals surface area contributed by atoms with E-state index in [2.05, 4.69) is 15.6 Å². The van der Waals surface area contributed by atoms with Crippen LogP contribution in [0.5, 0.6) is 0 Å². The molecule has 0 aliphatic carbocycles. The van der Waals surface area contributed by atoms with Gasteiger partial charge in [-0.1, -0.05) is 25.4 Å². The summed E-state index contributed by atoms with van der Waals surface area (Å²) in [6.07, 6.45) is 1.43. The average molecular weight is 285 g/mol. The van der Waals surface area contributed by atoms with E-state index in [0.717, 1.165) is 0 Å². The van der Waals surface area contributed by atoms with Gasteiger partial charge < -0.3 is 16.4 Å². The molecule has 0 fully saturated rings. The molecule has 0 spiro atoms. The monoisotopic (exact) mass is 284 g/mol. The Kier molecular flexibility index (Phi) is 5.72. The largest absolute Gasteiger partial charge is 0.346 e. The molecule has 0 saturated heterocycles. The Labute approximate surface area is 116 Å². The van der Waals surface area contributed by atoms with Crippen molar-refractivity contribution in [2.45, 2.75) is 19.9 Å². The van der Waals surface area contributed by atoms with Crippen molar-refractivity contribution < 1.29 is 9.59 Å². The van der Waals surface area contributed by atoms with Gasteiger partial charge in [-0.2, -0.15) is 0 Å². The summed E-state index contributed by atoms with van der Waals surface area (Å²) in [7, 11) is 0. The molecule has 1 rings (SSSR count). The third kappa shape index (κ3) is 5.23. The molecule has 0 radical (unpaired) electrons. The summed E-state index contributed by atoms with van der Waals surface area (Å²) in [6, 6.07) is 2.56. The van der Waals surface area contributed by atoms with Gasteiger partial charge in [-0.05, 0) is 18.1 Å². The second kappa shape index (κ2) is 7.06. The maximum atomic E-state index is 11.6. The first-order valence-corrected chi connectivity index (χ1v) is 6.22. The first-order valence-electron chi connectivity index (χ1n) is 5.85. The molecule has 19 heavy (non-hydrogen) atoms. The van der Waals surface area contributed by atoms with E-state index in [1.807, 2.05) is 13.8 Å². The lowest BCUT2D eigenvalue weighted by atomic mass is 10.1. The number of anilines is 1. The molecule has 0 aliphatic heterocycles. The second-order valence-electron chi connectivity index (χ2n) is 4.41. The third-order valence-electron chi connectivity index (χ3n) is 2.46. The summed E-state index contributed by atoms with van der Waals surface area (Å²) in [5.41, 5.74) is 6.16. The number of carbonyl (C=O) groups is 2. The summed E-state index contributed by atoms with van der Waals surface area (Å²) in [5, 5.41) is 5.39. The number of nitrogens with two attached hydrogens (primary N) is 1. The quantitative estimate of drug-likeness (QED) is 0.696. The highest BCUT2D eigenvalue weighted by atomic mass is 35.5. The van der Waals surface area contributed by atoms with Crippen molar-refractivity contribution in [2.24, 2.45) is 11.7 Å². The topological polar surface area (TPSA) is 97.1 Å². The van der Waals surface area contributed by atoms with Crippen molar-refractivity contribution in [3.05, 3.63) is 23.5 Å². The molecular weight excluding hydrogens is 268 g/mol. The first kappa shape index (κ1) is 15.4. The molecule has 0 unspecified atom stereocenters. The fourth-order valence-corrected chi connectivity index (χ4v) is 1.35. The predicted octanol–water partition coefficient (Wildman–Crippen LogP) is 0.773. The van der Waals surface area contributed by atoms with Crippen molar-refractivity contribution >= 4 is 29.1 Å². The zero-order valence-electron chi connectivity index (χ0n) is 10.8. The van der Waals surface area contributed by atoms with E-state index in [-0.39, 0.29) is 24.3 Å². The van der Waals surface area contributed by atoms with E-state index in [0.29, 0.717) is 10.8 Å². The molecule has 0 aliphatic rings. The molecule has 6 nitrogen and oxygen atoms in total. The normalized spacial score (nSPS) is 12.1. The Bertz CT molecular complexity index is 448. The average Bonchev–Trinajstić information content (AvgIpc) is 2.37. The van der Waals surface area contributed by atoms with Gasteiger partial charge in [0.1, 0.15) is 5.15 Å². The predicted molar refractivity (Wildman–Crippen MR) is 73.7 cm³/mol. The first-order chi connectivity index (χ1) is 8.90. The van der Waals surface area contributed by atoms with Gasteiger partial charge in [0, 0.05) is 0 Å². The Balaban J connectivity index is 2.40. The summed E-state index contributed by atoms with van der Waals surface area (Å²) < 4.78 is 0. The van der Waals surface area contributed by atoms with Gasteiger partial charge in [0.05, 0.1) is 24.5 Å². The van der Waals surface area contributed by atoms with Gasteiger partial charge in [0.2, 0.25) is 11.8 Å². The van der Waals surface area contributed by atoms with Crippen LogP contribution >= 0.6 is 11.6 Å². The molecule has 2 amide bonds. The molecule has 4 N–H and O–H groups in total.